The van der Waals surface area contributed by atoms with Crippen LogP contribution in [0.2, 0.25) is 0 Å². The number of benzene rings is 1. The Hall–Kier alpha value is -1.49. The maximum atomic E-state index is 12.7. The number of amides is 2. The lowest BCUT2D eigenvalue weighted by Crippen LogP contribution is -2.40. The first kappa shape index (κ1) is 16.9. The van der Waals surface area contributed by atoms with E-state index in [-0.39, 0.29) is 23.1 Å². The molecule has 1 heterocycles. The highest BCUT2D eigenvalue weighted by molar-refractivity contribution is 8.00. The van der Waals surface area contributed by atoms with Crippen LogP contribution >= 0.6 is 11.8 Å². The monoisotopic (exact) mass is 320 g/mol. The van der Waals surface area contributed by atoms with Crippen LogP contribution in [0.25, 0.3) is 0 Å². The fourth-order valence-corrected chi connectivity index (χ4v) is 3.69. The molecule has 1 aliphatic heterocycles. The average Bonchev–Trinajstić information content (AvgIpc) is 2.81. The van der Waals surface area contributed by atoms with E-state index in [0.717, 1.165) is 24.3 Å². The molecule has 4 nitrogen and oxygen atoms in total. The van der Waals surface area contributed by atoms with Crippen LogP contribution in [0.3, 0.4) is 0 Å². The van der Waals surface area contributed by atoms with Gasteiger partial charge in [-0.25, -0.2) is 0 Å². The number of para-hydroxylation sites is 1. The Kier molecular flexibility index (Phi) is 5.89. The van der Waals surface area contributed by atoms with Gasteiger partial charge in [-0.15, -0.1) is 11.8 Å². The molecule has 0 aliphatic carbocycles. The summed E-state index contributed by atoms with van der Waals surface area (Å²) in [6, 6.07) is 8.38. The molecule has 22 heavy (non-hydrogen) atoms. The summed E-state index contributed by atoms with van der Waals surface area (Å²) in [5.74, 6) is 1.05. The number of carbonyl (C=O) groups is 2. The van der Waals surface area contributed by atoms with Crippen molar-refractivity contribution in [2.24, 2.45) is 0 Å². The topological polar surface area (TPSA) is 49.4 Å². The number of carbonyl (C=O) groups excluding carboxylic acids is 2. The lowest BCUT2D eigenvalue weighted by molar-refractivity contribution is -0.119. The third kappa shape index (κ3) is 4.03. The highest BCUT2D eigenvalue weighted by atomic mass is 32.2. The summed E-state index contributed by atoms with van der Waals surface area (Å²) in [5.41, 5.74) is 2.32. The molecule has 5 heteroatoms. The predicted molar refractivity (Wildman–Crippen MR) is 92.3 cm³/mol. The molecule has 1 aromatic carbocycles. The maximum Gasteiger partial charge on any atom is 0.240 e. The smallest absolute Gasteiger partial charge is 0.240 e. The first-order chi connectivity index (χ1) is 10.5. The van der Waals surface area contributed by atoms with Crippen LogP contribution in [-0.4, -0.2) is 35.4 Å². The number of anilines is 1. The number of nitrogens with one attached hydrogen (secondary N) is 1. The second kappa shape index (κ2) is 7.68. The SMILES string of the molecule is CC(=O)NCCCS[C@H](C)C(=O)N1c2ccccc2C[C@@H]1C. The molecule has 0 saturated heterocycles. The van der Waals surface area contributed by atoms with Crippen molar-refractivity contribution in [1.82, 2.24) is 5.32 Å². The number of hydrogen-bond donors (Lipinski definition) is 1. The molecule has 2 rings (SSSR count). The predicted octanol–water partition coefficient (Wildman–Crippen LogP) is 2.61. The minimum atomic E-state index is -0.0639. The van der Waals surface area contributed by atoms with Gasteiger partial charge in [0.1, 0.15) is 0 Å². The molecule has 1 aliphatic rings. The Balaban J connectivity index is 1.87. The van der Waals surface area contributed by atoms with Gasteiger partial charge in [-0.05, 0) is 44.1 Å². The molecule has 2 amide bonds. The van der Waals surface area contributed by atoms with Gasteiger partial charge in [0, 0.05) is 25.2 Å². The Morgan fingerprint density at radius 2 is 2.14 bits per heavy atom. The first-order valence-corrected chi connectivity index (χ1v) is 8.82. The largest absolute Gasteiger partial charge is 0.356 e. The van der Waals surface area contributed by atoms with Gasteiger partial charge in [0.05, 0.1) is 5.25 Å². The van der Waals surface area contributed by atoms with Gasteiger partial charge in [-0.3, -0.25) is 9.59 Å². The number of hydrogen-bond acceptors (Lipinski definition) is 3. The molecular formula is C17H24N2O2S. The molecular weight excluding hydrogens is 296 g/mol. The summed E-state index contributed by atoms with van der Waals surface area (Å²) in [6.45, 7) is 6.27. The lowest BCUT2D eigenvalue weighted by Gasteiger charge is -2.25. The van der Waals surface area contributed by atoms with Crippen molar-refractivity contribution in [2.45, 2.75) is 44.9 Å². The minimum Gasteiger partial charge on any atom is -0.356 e. The highest BCUT2D eigenvalue weighted by Gasteiger charge is 2.32. The van der Waals surface area contributed by atoms with Crippen LogP contribution in [0.1, 0.15) is 32.8 Å². The van der Waals surface area contributed by atoms with E-state index in [1.54, 1.807) is 11.8 Å². The van der Waals surface area contributed by atoms with E-state index in [2.05, 4.69) is 18.3 Å². The molecule has 0 radical (unpaired) electrons. The van der Waals surface area contributed by atoms with Crippen LogP contribution in [0.15, 0.2) is 24.3 Å². The zero-order valence-electron chi connectivity index (χ0n) is 13.5. The molecule has 0 fully saturated rings. The minimum absolute atomic E-state index is 0.00313. The quantitative estimate of drug-likeness (QED) is 0.820. The molecule has 120 valence electrons. The van der Waals surface area contributed by atoms with Crippen molar-refractivity contribution in [3.63, 3.8) is 0 Å². The summed E-state index contributed by atoms with van der Waals surface area (Å²) < 4.78 is 0. The molecule has 2 atom stereocenters. The molecule has 1 N–H and O–H groups in total. The second-order valence-electron chi connectivity index (χ2n) is 5.74. The molecule has 1 aromatic rings. The molecule has 0 aromatic heterocycles. The van der Waals surface area contributed by atoms with Crippen LogP contribution in [0, 0.1) is 0 Å². The van der Waals surface area contributed by atoms with Crippen molar-refractivity contribution in [3.8, 4) is 0 Å². The summed E-state index contributed by atoms with van der Waals surface area (Å²) in [7, 11) is 0. The van der Waals surface area contributed by atoms with E-state index in [1.807, 2.05) is 30.0 Å². The van der Waals surface area contributed by atoms with Crippen molar-refractivity contribution in [2.75, 3.05) is 17.2 Å². The third-order valence-corrected chi connectivity index (χ3v) is 5.08. The number of rotatable bonds is 6. The molecule has 0 unspecified atom stereocenters. The number of thioether (sulfide) groups is 1. The van der Waals surface area contributed by atoms with E-state index in [4.69, 9.17) is 0 Å². The van der Waals surface area contributed by atoms with Crippen LogP contribution < -0.4 is 10.2 Å². The fraction of sp³-hybridized carbons (Fsp3) is 0.529. The van der Waals surface area contributed by atoms with Crippen molar-refractivity contribution in [3.05, 3.63) is 29.8 Å². The number of fused-ring (bicyclic) bond motifs is 1. The fourth-order valence-electron chi connectivity index (χ4n) is 2.77. The zero-order chi connectivity index (χ0) is 16.1. The van der Waals surface area contributed by atoms with Gasteiger partial charge in [0.15, 0.2) is 0 Å². The lowest BCUT2D eigenvalue weighted by atomic mass is 10.1. The first-order valence-electron chi connectivity index (χ1n) is 7.77. The highest BCUT2D eigenvalue weighted by Crippen LogP contribution is 2.33. The summed E-state index contributed by atoms with van der Waals surface area (Å²) in [6.07, 6.45) is 1.82. The van der Waals surface area contributed by atoms with E-state index in [9.17, 15) is 9.59 Å². The normalized spacial score (nSPS) is 18.0. The van der Waals surface area contributed by atoms with Gasteiger partial charge in [-0.2, -0.15) is 0 Å². The third-order valence-electron chi connectivity index (χ3n) is 3.86. The standard InChI is InChI=1S/C17H24N2O2S/c1-12-11-15-7-4-5-8-16(15)19(12)17(21)13(2)22-10-6-9-18-14(3)20/h4-5,7-8,12-13H,6,9-11H2,1-3H3,(H,18,20)/t12-,13+/m0/s1. The van der Waals surface area contributed by atoms with Crippen molar-refractivity contribution in [1.29, 1.82) is 0 Å². The van der Waals surface area contributed by atoms with E-state index in [0.29, 0.717) is 6.54 Å². The summed E-state index contributed by atoms with van der Waals surface area (Å²) in [5, 5.41) is 2.71. The van der Waals surface area contributed by atoms with Crippen LogP contribution in [0.5, 0.6) is 0 Å². The van der Waals surface area contributed by atoms with Crippen molar-refractivity contribution >= 4 is 29.3 Å². The summed E-state index contributed by atoms with van der Waals surface area (Å²) >= 11 is 1.66. The van der Waals surface area contributed by atoms with Gasteiger partial charge < -0.3 is 10.2 Å². The second-order valence-corrected chi connectivity index (χ2v) is 7.19. The Bertz CT molecular complexity index is 547. The van der Waals surface area contributed by atoms with Gasteiger partial charge in [0.2, 0.25) is 11.8 Å². The van der Waals surface area contributed by atoms with Crippen LogP contribution in [0.4, 0.5) is 5.69 Å². The average molecular weight is 320 g/mol. The van der Waals surface area contributed by atoms with E-state index < -0.39 is 0 Å². The van der Waals surface area contributed by atoms with Crippen molar-refractivity contribution < 1.29 is 9.59 Å². The Labute approximate surface area is 136 Å². The van der Waals surface area contributed by atoms with Gasteiger partial charge >= 0.3 is 0 Å². The maximum absolute atomic E-state index is 12.7. The number of nitrogens with zero attached hydrogens (tertiary/aromatic N) is 1. The summed E-state index contributed by atoms with van der Waals surface area (Å²) in [4.78, 5) is 25.5. The Morgan fingerprint density at radius 1 is 1.41 bits per heavy atom. The molecule has 0 spiro atoms. The zero-order valence-corrected chi connectivity index (χ0v) is 14.3. The van der Waals surface area contributed by atoms with Gasteiger partial charge in [-0.1, -0.05) is 18.2 Å². The van der Waals surface area contributed by atoms with E-state index in [1.165, 1.54) is 12.5 Å². The van der Waals surface area contributed by atoms with Gasteiger partial charge in [0.25, 0.3) is 0 Å². The van der Waals surface area contributed by atoms with Crippen LogP contribution in [-0.2, 0) is 16.0 Å². The Morgan fingerprint density at radius 3 is 2.86 bits per heavy atom. The molecule has 0 bridgehead atoms. The van der Waals surface area contributed by atoms with E-state index >= 15 is 0 Å². The molecule has 0 saturated carbocycles.